The molecule has 134 valence electrons. The molecule has 1 aliphatic rings. The van der Waals surface area contributed by atoms with Crippen molar-refractivity contribution in [1.29, 1.82) is 0 Å². The normalized spacial score (nSPS) is 33.6. The maximum absolute atomic E-state index is 11.7. The van der Waals surface area contributed by atoms with E-state index in [2.05, 4.69) is 0 Å². The van der Waals surface area contributed by atoms with Crippen molar-refractivity contribution in [3.63, 3.8) is 0 Å². The van der Waals surface area contributed by atoms with Crippen molar-refractivity contribution in [1.82, 2.24) is 0 Å². The van der Waals surface area contributed by atoms with Crippen molar-refractivity contribution < 1.29 is 38.7 Å². The minimum Gasteiger partial charge on any atom is -0.454 e. The fourth-order valence-corrected chi connectivity index (χ4v) is 1.97. The summed E-state index contributed by atoms with van der Waals surface area (Å²) in [5.74, 6) is -1.61. The molecule has 0 aliphatic carbocycles. The summed E-state index contributed by atoms with van der Waals surface area (Å²) in [6.07, 6.45) is -6.29. The molecule has 1 aliphatic heterocycles. The zero-order chi connectivity index (χ0) is 17.7. The fourth-order valence-electron chi connectivity index (χ4n) is 1.97. The van der Waals surface area contributed by atoms with E-state index in [4.69, 9.17) is 30.4 Å². The second kappa shape index (κ2) is 8.52. The summed E-state index contributed by atoms with van der Waals surface area (Å²) in [5.41, 5.74) is 10.9. The average Bonchev–Trinajstić information content (AvgIpc) is 2.50. The maximum atomic E-state index is 11.7. The van der Waals surface area contributed by atoms with E-state index in [1.165, 1.54) is 21.0 Å². The van der Waals surface area contributed by atoms with Gasteiger partial charge in [-0.25, -0.2) is 0 Å². The molecule has 0 unspecified atom stereocenters. The molecule has 0 bridgehead atoms. The van der Waals surface area contributed by atoms with Crippen LogP contribution in [0.15, 0.2) is 0 Å². The van der Waals surface area contributed by atoms with Gasteiger partial charge >= 0.3 is 11.9 Å². The molecule has 1 heterocycles. The largest absolute Gasteiger partial charge is 0.454 e. The number of nitrogens with two attached hydrogens (primary N) is 2. The molecule has 23 heavy (non-hydrogen) atoms. The van der Waals surface area contributed by atoms with Gasteiger partial charge in [-0.1, -0.05) is 0 Å². The first kappa shape index (κ1) is 19.7. The van der Waals surface area contributed by atoms with Crippen molar-refractivity contribution in [2.24, 2.45) is 11.5 Å². The third-order valence-electron chi connectivity index (χ3n) is 3.28. The highest BCUT2D eigenvalue weighted by atomic mass is 16.7. The van der Waals surface area contributed by atoms with Gasteiger partial charge in [-0.2, -0.15) is 0 Å². The number of carbonyl (C=O) groups excluding carboxylic acids is 2. The number of carbonyl (C=O) groups is 2. The van der Waals surface area contributed by atoms with Crippen LogP contribution < -0.4 is 11.5 Å². The molecule has 1 saturated heterocycles. The first-order valence-electron chi connectivity index (χ1n) is 7.12. The van der Waals surface area contributed by atoms with E-state index in [0.29, 0.717) is 0 Å². The second-order valence-electron chi connectivity index (χ2n) is 5.33. The van der Waals surface area contributed by atoms with Crippen molar-refractivity contribution in [2.45, 2.75) is 56.6 Å². The standard InChI is InChI=1S/C13H24N2O8/c1-5(14)11(18)22-9-8(17)7(4-16)21-13(20-3)10(9)23-12(19)6(2)15/h5-10,13,16-17H,4,14-15H2,1-3H3/t5-,6-,7-,8-,9+,10-,13+/m1/s1. The third-order valence-corrected chi connectivity index (χ3v) is 3.28. The maximum Gasteiger partial charge on any atom is 0.323 e. The molecule has 10 nitrogen and oxygen atoms in total. The number of methoxy groups -OCH3 is 1. The molecule has 0 saturated carbocycles. The van der Waals surface area contributed by atoms with Gasteiger partial charge in [-0.05, 0) is 13.8 Å². The Hall–Kier alpha value is -1.30. The lowest BCUT2D eigenvalue weighted by Crippen LogP contribution is -2.62. The zero-order valence-corrected chi connectivity index (χ0v) is 13.2. The average molecular weight is 336 g/mol. The van der Waals surface area contributed by atoms with E-state index in [9.17, 15) is 19.8 Å². The second-order valence-corrected chi connectivity index (χ2v) is 5.33. The highest BCUT2D eigenvalue weighted by Crippen LogP contribution is 2.27. The minimum atomic E-state index is -1.44. The van der Waals surface area contributed by atoms with Crippen LogP contribution in [0.4, 0.5) is 0 Å². The van der Waals surface area contributed by atoms with Crippen LogP contribution in [-0.4, -0.2) is 78.7 Å². The molecule has 0 aromatic rings. The smallest absolute Gasteiger partial charge is 0.323 e. The molecule has 0 aromatic heterocycles. The van der Waals surface area contributed by atoms with E-state index >= 15 is 0 Å². The van der Waals surface area contributed by atoms with Crippen LogP contribution in [0.5, 0.6) is 0 Å². The summed E-state index contributed by atoms with van der Waals surface area (Å²) in [4.78, 5) is 23.5. The Bertz CT molecular complexity index is 417. The van der Waals surface area contributed by atoms with Gasteiger partial charge in [0.15, 0.2) is 18.5 Å². The van der Waals surface area contributed by atoms with Gasteiger partial charge in [0.2, 0.25) is 0 Å². The van der Waals surface area contributed by atoms with Crippen molar-refractivity contribution in [3.8, 4) is 0 Å². The Labute approximate surface area is 133 Å². The van der Waals surface area contributed by atoms with Crippen LogP contribution in [0, 0.1) is 0 Å². The van der Waals surface area contributed by atoms with Crippen molar-refractivity contribution >= 4 is 11.9 Å². The molecule has 1 rings (SSSR count). The third kappa shape index (κ3) is 4.83. The number of aliphatic hydroxyl groups is 2. The molecule has 10 heteroatoms. The number of hydrogen-bond donors (Lipinski definition) is 4. The molecule has 0 aromatic carbocycles. The number of hydrogen-bond acceptors (Lipinski definition) is 10. The highest BCUT2D eigenvalue weighted by Gasteiger charge is 2.50. The molecular weight excluding hydrogens is 312 g/mol. The van der Waals surface area contributed by atoms with Crippen molar-refractivity contribution in [3.05, 3.63) is 0 Å². The zero-order valence-electron chi connectivity index (χ0n) is 13.2. The summed E-state index contributed by atoms with van der Waals surface area (Å²) >= 11 is 0. The molecule has 7 atom stereocenters. The molecule has 0 spiro atoms. The lowest BCUT2D eigenvalue weighted by molar-refractivity contribution is -0.300. The van der Waals surface area contributed by atoms with Crippen LogP contribution in [-0.2, 0) is 28.5 Å². The predicted molar refractivity (Wildman–Crippen MR) is 75.8 cm³/mol. The van der Waals surface area contributed by atoms with Gasteiger partial charge in [-0.3, -0.25) is 9.59 Å². The summed E-state index contributed by atoms with van der Waals surface area (Å²) in [6.45, 7) is 2.25. The van der Waals surface area contributed by atoms with Gasteiger partial charge in [0.05, 0.1) is 6.61 Å². The first-order chi connectivity index (χ1) is 10.7. The number of rotatable bonds is 6. The van der Waals surface area contributed by atoms with E-state index in [1.54, 1.807) is 0 Å². The minimum absolute atomic E-state index is 0.554. The van der Waals surface area contributed by atoms with Gasteiger partial charge in [0, 0.05) is 7.11 Å². The Balaban J connectivity index is 3.04. The number of esters is 2. The molecule has 6 N–H and O–H groups in total. The Morgan fingerprint density at radius 3 is 2.00 bits per heavy atom. The van der Waals surface area contributed by atoms with E-state index in [-0.39, 0.29) is 0 Å². The lowest BCUT2D eigenvalue weighted by Gasteiger charge is -2.42. The number of ether oxygens (including phenoxy) is 4. The number of aliphatic hydroxyl groups excluding tert-OH is 2. The molecular formula is C13H24N2O8. The Morgan fingerprint density at radius 2 is 1.61 bits per heavy atom. The molecule has 0 radical (unpaired) electrons. The van der Waals surface area contributed by atoms with Crippen LogP contribution in [0.2, 0.25) is 0 Å². The Kier molecular flexibility index (Phi) is 7.32. The monoisotopic (exact) mass is 336 g/mol. The van der Waals surface area contributed by atoms with Crippen LogP contribution >= 0.6 is 0 Å². The lowest BCUT2D eigenvalue weighted by atomic mass is 9.98. The van der Waals surface area contributed by atoms with E-state index in [0.717, 1.165) is 0 Å². The molecule has 1 fully saturated rings. The summed E-state index contributed by atoms with van der Waals surface area (Å²) in [5, 5.41) is 19.5. The SMILES string of the molecule is CO[C@H]1O[C@H](CO)[C@@H](O)[C@H](OC(=O)[C@@H](C)N)[C@H]1OC(=O)[C@@H](C)N. The van der Waals surface area contributed by atoms with Gasteiger partial charge < -0.3 is 40.6 Å². The summed E-state index contributed by atoms with van der Waals surface area (Å²) in [7, 11) is 1.27. The van der Waals surface area contributed by atoms with Crippen LogP contribution in [0.1, 0.15) is 13.8 Å². The van der Waals surface area contributed by atoms with E-state index < -0.39 is 61.3 Å². The summed E-state index contributed by atoms with van der Waals surface area (Å²) < 4.78 is 20.6. The van der Waals surface area contributed by atoms with Gasteiger partial charge in [-0.15, -0.1) is 0 Å². The molecule has 0 amide bonds. The Morgan fingerprint density at radius 1 is 1.13 bits per heavy atom. The van der Waals surface area contributed by atoms with Gasteiger partial charge in [0.25, 0.3) is 0 Å². The highest BCUT2D eigenvalue weighted by molar-refractivity contribution is 5.76. The van der Waals surface area contributed by atoms with Gasteiger partial charge in [0.1, 0.15) is 24.3 Å². The topological polar surface area (TPSA) is 164 Å². The van der Waals surface area contributed by atoms with Crippen LogP contribution in [0.25, 0.3) is 0 Å². The predicted octanol–water partition coefficient (Wildman–Crippen LogP) is -2.77. The van der Waals surface area contributed by atoms with E-state index in [1.807, 2.05) is 0 Å². The summed E-state index contributed by atoms with van der Waals surface area (Å²) in [6, 6.07) is -1.90. The fraction of sp³-hybridized carbons (Fsp3) is 0.846. The van der Waals surface area contributed by atoms with Crippen LogP contribution in [0.3, 0.4) is 0 Å². The first-order valence-corrected chi connectivity index (χ1v) is 7.12. The van der Waals surface area contributed by atoms with Crippen molar-refractivity contribution in [2.75, 3.05) is 13.7 Å². The quantitative estimate of drug-likeness (QED) is 0.373.